The van der Waals surface area contributed by atoms with Crippen LogP contribution in [0.4, 0.5) is 21.1 Å². The minimum atomic E-state index is -0.806. The predicted molar refractivity (Wildman–Crippen MR) is 178 cm³/mol. The van der Waals surface area contributed by atoms with Crippen molar-refractivity contribution in [2.45, 2.75) is 59.4 Å². The van der Waals surface area contributed by atoms with Crippen LogP contribution in [0, 0.1) is 6.92 Å². The van der Waals surface area contributed by atoms with Crippen molar-refractivity contribution < 1.29 is 33.3 Å². The zero-order valence-electron chi connectivity index (χ0n) is 27.7. The number of amides is 3. The number of hydrogen-bond donors (Lipinski definition) is 1. The second-order valence-corrected chi connectivity index (χ2v) is 12.2. The number of benzene rings is 2. The summed E-state index contributed by atoms with van der Waals surface area (Å²) in [5, 5.41) is 4.46. The van der Waals surface area contributed by atoms with Gasteiger partial charge in [-0.3, -0.25) is 4.79 Å². The molecule has 48 heavy (non-hydrogen) atoms. The highest BCUT2D eigenvalue weighted by Crippen LogP contribution is 2.36. The minimum Gasteiger partial charge on any atom is -0.494 e. The normalized spacial score (nSPS) is 15.6. The lowest BCUT2D eigenvalue weighted by Gasteiger charge is -2.34. The van der Waals surface area contributed by atoms with Crippen molar-refractivity contribution in [1.29, 1.82) is 0 Å². The maximum Gasteiger partial charge on any atom is 0.420 e. The van der Waals surface area contributed by atoms with Crippen molar-refractivity contribution in [1.82, 2.24) is 19.5 Å². The molecule has 0 spiro atoms. The molecule has 1 aliphatic heterocycles. The highest BCUT2D eigenvalue weighted by molar-refractivity contribution is 5.96. The van der Waals surface area contributed by atoms with Gasteiger partial charge in [0.2, 0.25) is 11.8 Å². The van der Waals surface area contributed by atoms with Crippen LogP contribution in [0.1, 0.15) is 45.2 Å². The van der Waals surface area contributed by atoms with E-state index in [9.17, 15) is 14.4 Å². The molecule has 2 aromatic heterocycles. The number of nitrogens with zero attached hydrogens (tertiary/aromatic N) is 5. The zero-order chi connectivity index (χ0) is 34.4. The molecule has 2 aromatic carbocycles. The first-order valence-electron chi connectivity index (χ1n) is 15.7. The van der Waals surface area contributed by atoms with Crippen molar-refractivity contribution in [3.63, 3.8) is 0 Å². The van der Waals surface area contributed by atoms with E-state index in [0.29, 0.717) is 53.6 Å². The maximum atomic E-state index is 13.9. The fraction of sp³-hybridized carbons (Fsp3) is 0.343. The molecule has 1 aliphatic rings. The van der Waals surface area contributed by atoms with E-state index in [1.54, 1.807) is 64.2 Å². The zero-order valence-corrected chi connectivity index (χ0v) is 27.7. The van der Waals surface area contributed by atoms with E-state index in [1.165, 1.54) is 20.4 Å². The molecular formula is C35H40N6O7. The predicted octanol–water partition coefficient (Wildman–Crippen LogP) is 5.71. The first kappa shape index (κ1) is 33.8. The van der Waals surface area contributed by atoms with Crippen molar-refractivity contribution in [2.75, 3.05) is 24.6 Å². The summed E-state index contributed by atoms with van der Waals surface area (Å²) < 4.78 is 25.1. The molecule has 1 fully saturated rings. The number of primary amides is 1. The van der Waals surface area contributed by atoms with Crippen LogP contribution >= 0.6 is 0 Å². The van der Waals surface area contributed by atoms with Gasteiger partial charge in [-0.2, -0.15) is 14.6 Å². The lowest BCUT2D eigenvalue weighted by molar-refractivity contribution is -0.113. The molecule has 0 radical (unpaired) electrons. The quantitative estimate of drug-likeness (QED) is 0.223. The van der Waals surface area contributed by atoms with Gasteiger partial charge in [0.25, 0.3) is 0 Å². The first-order valence-corrected chi connectivity index (χ1v) is 15.7. The standard InChI is InChI=1S/C35H40N6O7/c1-6-45-27-14-12-26(13-15-27)40(34(44)48-35(3,4)5)32-23(2)31(38-30-16-18-37-41(30)32)47-28-21-39(19-17-25(28)20-29(36)42)33(43)46-22-24-10-8-7-9-11-24/h7-16,18,20,28H,6,17,19,21-22H2,1-5H3,(H2,36,42). The Bertz CT molecular complexity index is 1800. The Balaban J connectivity index is 1.52. The molecule has 0 aliphatic carbocycles. The molecule has 4 aromatic rings. The van der Waals surface area contributed by atoms with Crippen LogP contribution in [0.2, 0.25) is 0 Å². The minimum absolute atomic E-state index is 0.0717. The molecule has 252 valence electrons. The highest BCUT2D eigenvalue weighted by atomic mass is 16.6. The SMILES string of the molecule is CCOc1ccc(N(C(=O)OC(C)(C)C)c2c(C)c(OC3CN(C(=O)OCc4ccccc4)CCC3=CC(N)=O)nc3ccnn23)cc1. The molecule has 13 heteroatoms. The number of ether oxygens (including phenoxy) is 4. The lowest BCUT2D eigenvalue weighted by atomic mass is 10.0. The van der Waals surface area contributed by atoms with Crippen LogP contribution < -0.4 is 20.1 Å². The van der Waals surface area contributed by atoms with Crippen LogP contribution in [0.5, 0.6) is 11.6 Å². The van der Waals surface area contributed by atoms with E-state index in [2.05, 4.69) is 5.10 Å². The number of likely N-dealkylation sites (tertiary alicyclic amines) is 1. The number of anilines is 2. The Morgan fingerprint density at radius 2 is 1.79 bits per heavy atom. The number of nitrogens with two attached hydrogens (primary N) is 1. The second kappa shape index (κ2) is 14.4. The third-order valence-corrected chi connectivity index (χ3v) is 7.40. The van der Waals surface area contributed by atoms with E-state index in [4.69, 9.17) is 29.7 Å². The van der Waals surface area contributed by atoms with E-state index in [0.717, 1.165) is 5.56 Å². The molecule has 5 rings (SSSR count). The van der Waals surface area contributed by atoms with Gasteiger partial charge >= 0.3 is 12.2 Å². The van der Waals surface area contributed by atoms with Crippen molar-refractivity contribution >= 4 is 35.2 Å². The largest absolute Gasteiger partial charge is 0.494 e. The lowest BCUT2D eigenvalue weighted by Crippen LogP contribution is -2.46. The van der Waals surface area contributed by atoms with E-state index in [1.807, 2.05) is 37.3 Å². The average molecular weight is 657 g/mol. The Morgan fingerprint density at radius 3 is 2.46 bits per heavy atom. The molecule has 0 saturated carbocycles. The topological polar surface area (TPSA) is 151 Å². The Hall–Kier alpha value is -5.59. The number of carbonyl (C=O) groups excluding carboxylic acids is 3. The van der Waals surface area contributed by atoms with Crippen molar-refractivity contribution in [2.24, 2.45) is 5.73 Å². The molecule has 13 nitrogen and oxygen atoms in total. The Kier molecular flexibility index (Phi) is 10.2. The van der Waals surface area contributed by atoms with Gasteiger partial charge in [0, 0.05) is 18.7 Å². The van der Waals surface area contributed by atoms with Crippen LogP contribution in [-0.4, -0.2) is 69.0 Å². The summed E-state index contributed by atoms with van der Waals surface area (Å²) in [5.41, 5.74) is 7.53. The number of piperidine rings is 1. The summed E-state index contributed by atoms with van der Waals surface area (Å²) in [6.45, 7) is 9.96. The van der Waals surface area contributed by atoms with Gasteiger partial charge in [0.15, 0.2) is 11.5 Å². The summed E-state index contributed by atoms with van der Waals surface area (Å²) in [6.07, 6.45) is 1.24. The number of aromatic nitrogens is 3. The van der Waals surface area contributed by atoms with E-state index < -0.39 is 29.8 Å². The first-order chi connectivity index (χ1) is 22.9. The number of rotatable bonds is 9. The van der Waals surface area contributed by atoms with E-state index >= 15 is 0 Å². The van der Waals surface area contributed by atoms with E-state index in [-0.39, 0.29) is 19.0 Å². The smallest absolute Gasteiger partial charge is 0.420 e. The Labute approximate surface area is 278 Å². The van der Waals surface area contributed by atoms with Crippen molar-refractivity contribution in [3.8, 4) is 11.6 Å². The van der Waals surface area contributed by atoms with Crippen molar-refractivity contribution in [3.05, 3.63) is 89.6 Å². The van der Waals surface area contributed by atoms with Gasteiger partial charge in [-0.25, -0.2) is 14.5 Å². The van der Waals surface area contributed by atoms with Crippen LogP contribution in [0.25, 0.3) is 5.65 Å². The monoisotopic (exact) mass is 656 g/mol. The van der Waals surface area contributed by atoms with Crippen LogP contribution in [0.3, 0.4) is 0 Å². The summed E-state index contributed by atoms with van der Waals surface area (Å²) in [7, 11) is 0. The van der Waals surface area contributed by atoms with Gasteiger partial charge < -0.3 is 29.6 Å². The maximum absolute atomic E-state index is 13.9. The third kappa shape index (κ3) is 8.03. The molecule has 2 N–H and O–H groups in total. The number of hydrogen-bond acceptors (Lipinski definition) is 9. The number of carbonyl (C=O) groups is 3. The molecule has 3 heterocycles. The highest BCUT2D eigenvalue weighted by Gasteiger charge is 2.34. The van der Waals surface area contributed by atoms with Gasteiger partial charge in [0.1, 0.15) is 24.1 Å². The molecule has 1 atom stereocenters. The van der Waals surface area contributed by atoms with Crippen LogP contribution in [-0.2, 0) is 20.9 Å². The fourth-order valence-corrected chi connectivity index (χ4v) is 5.25. The third-order valence-electron chi connectivity index (χ3n) is 7.40. The van der Waals surface area contributed by atoms with Gasteiger partial charge in [-0.15, -0.1) is 0 Å². The summed E-state index contributed by atoms with van der Waals surface area (Å²) in [4.78, 5) is 46.6. The second-order valence-electron chi connectivity index (χ2n) is 12.2. The molecule has 1 unspecified atom stereocenters. The summed E-state index contributed by atoms with van der Waals surface area (Å²) in [6, 6.07) is 18.1. The molecule has 1 saturated heterocycles. The van der Waals surface area contributed by atoms with Gasteiger partial charge in [0.05, 0.1) is 30.6 Å². The molecule has 0 bridgehead atoms. The van der Waals surface area contributed by atoms with Gasteiger partial charge in [-0.1, -0.05) is 30.3 Å². The fourth-order valence-electron chi connectivity index (χ4n) is 5.25. The Morgan fingerprint density at radius 1 is 1.06 bits per heavy atom. The van der Waals surface area contributed by atoms with Crippen LogP contribution in [0.15, 0.2) is 78.5 Å². The summed E-state index contributed by atoms with van der Waals surface area (Å²) in [5.74, 6) is 0.496. The number of fused-ring (bicyclic) bond motifs is 1. The summed E-state index contributed by atoms with van der Waals surface area (Å²) >= 11 is 0. The molecular weight excluding hydrogens is 616 g/mol. The molecule has 3 amide bonds. The van der Waals surface area contributed by atoms with Gasteiger partial charge in [-0.05, 0) is 76.4 Å². The average Bonchev–Trinajstić information content (AvgIpc) is 3.51.